The molecule has 0 aliphatic carbocycles. The molecule has 0 rings (SSSR count). The smallest absolute Gasteiger partial charge is 0.226 e. The predicted molar refractivity (Wildman–Crippen MR) is 41.4 cm³/mol. The summed E-state index contributed by atoms with van der Waals surface area (Å²) in [5.41, 5.74) is 0. The summed E-state index contributed by atoms with van der Waals surface area (Å²) in [6.45, 7) is 5.11. The number of hydrogen-bond donors (Lipinski definition) is 0. The molecule has 0 atom stereocenters. The van der Waals surface area contributed by atoms with Crippen molar-refractivity contribution in [2.24, 2.45) is 0 Å². The summed E-state index contributed by atoms with van der Waals surface area (Å²) in [6, 6.07) is 0. The minimum atomic E-state index is 0.659. The summed E-state index contributed by atoms with van der Waals surface area (Å²) in [6.07, 6.45) is 5.93. The molecule has 0 saturated carbocycles. The Kier molecular flexibility index (Phi) is 8.34. The van der Waals surface area contributed by atoms with Gasteiger partial charge in [-0.2, -0.15) is 0 Å². The van der Waals surface area contributed by atoms with Gasteiger partial charge in [-0.05, 0) is 19.4 Å². The van der Waals surface area contributed by atoms with E-state index in [-0.39, 0.29) is 0 Å². The molecule has 0 aliphatic heterocycles. The first-order chi connectivity index (χ1) is 4.41. The maximum Gasteiger partial charge on any atom is 0.226 e. The molecule has 53 valence electrons. The Labute approximate surface area is 60.7 Å². The van der Waals surface area contributed by atoms with Crippen molar-refractivity contribution in [1.29, 1.82) is 0 Å². The van der Waals surface area contributed by atoms with Crippen molar-refractivity contribution in [3.8, 4) is 0 Å². The lowest BCUT2D eigenvalue weighted by atomic mass is 10.2. The molecule has 3 radical (unpaired) electrons. The highest BCUT2D eigenvalue weighted by atomic mass is 28.2. The summed E-state index contributed by atoms with van der Waals surface area (Å²) < 4.78 is 5.19. The van der Waals surface area contributed by atoms with E-state index in [1.54, 1.807) is 0 Å². The summed E-state index contributed by atoms with van der Waals surface area (Å²) in [7, 11) is 0.659. The lowest BCUT2D eigenvalue weighted by Crippen LogP contribution is -1.95. The molecule has 1 nitrogen and oxygen atoms in total. The van der Waals surface area contributed by atoms with Crippen molar-refractivity contribution in [2.75, 3.05) is 6.61 Å². The van der Waals surface area contributed by atoms with Gasteiger partial charge in [-0.3, -0.25) is 0 Å². The van der Waals surface area contributed by atoms with Crippen LogP contribution in [0.2, 0.25) is 6.55 Å². The molecular weight excluding hydrogens is 128 g/mol. The van der Waals surface area contributed by atoms with Crippen LogP contribution >= 0.6 is 0 Å². The topological polar surface area (TPSA) is 9.23 Å². The summed E-state index contributed by atoms with van der Waals surface area (Å²) >= 11 is 0. The Hall–Kier alpha value is 0.177. The van der Waals surface area contributed by atoms with Gasteiger partial charge in [-0.25, -0.2) is 0 Å². The third kappa shape index (κ3) is 8.18. The Bertz CT molecular complexity index is 42.2. The molecule has 0 N–H and O–H groups in total. The van der Waals surface area contributed by atoms with E-state index in [0.717, 1.165) is 6.61 Å². The zero-order valence-corrected chi connectivity index (χ0v) is 7.31. The van der Waals surface area contributed by atoms with E-state index >= 15 is 0 Å². The van der Waals surface area contributed by atoms with Crippen molar-refractivity contribution >= 4 is 9.76 Å². The zero-order chi connectivity index (χ0) is 6.95. The molecule has 0 unspecified atom stereocenters. The average molecular weight is 143 g/mol. The summed E-state index contributed by atoms with van der Waals surface area (Å²) in [4.78, 5) is 0. The first-order valence-corrected chi connectivity index (χ1v) is 4.89. The van der Waals surface area contributed by atoms with Gasteiger partial charge in [0, 0.05) is 6.61 Å². The van der Waals surface area contributed by atoms with Crippen LogP contribution in [0.5, 0.6) is 0 Å². The van der Waals surface area contributed by atoms with Gasteiger partial charge in [-0.15, -0.1) is 0 Å². The molecule has 2 heteroatoms. The molecule has 0 aromatic carbocycles. The van der Waals surface area contributed by atoms with E-state index in [1.165, 1.54) is 19.3 Å². The highest BCUT2D eigenvalue weighted by Crippen LogP contribution is 1.96. The standard InChI is InChI=1S/C7H15OSi/c1-3-4-5-6-7-8-9-2/h3H,4-7H2,1-2H3. The SMILES string of the molecule is C[CH]CCCCO[Si]C. The van der Waals surface area contributed by atoms with Gasteiger partial charge in [0.25, 0.3) is 0 Å². The molecule has 0 fully saturated rings. The Morgan fingerprint density at radius 1 is 1.44 bits per heavy atom. The average Bonchev–Trinajstić information content (AvgIpc) is 1.89. The van der Waals surface area contributed by atoms with E-state index in [4.69, 9.17) is 4.43 Å². The van der Waals surface area contributed by atoms with Crippen LogP contribution in [0.1, 0.15) is 26.2 Å². The fourth-order valence-corrected chi connectivity index (χ4v) is 0.973. The van der Waals surface area contributed by atoms with Crippen molar-refractivity contribution in [2.45, 2.75) is 32.7 Å². The lowest BCUT2D eigenvalue weighted by Gasteiger charge is -1.97. The van der Waals surface area contributed by atoms with E-state index in [2.05, 4.69) is 19.9 Å². The van der Waals surface area contributed by atoms with Gasteiger partial charge in [0.15, 0.2) is 0 Å². The Morgan fingerprint density at radius 2 is 2.22 bits per heavy atom. The van der Waals surface area contributed by atoms with E-state index in [1.807, 2.05) is 0 Å². The number of hydrogen-bond acceptors (Lipinski definition) is 1. The molecule has 0 bridgehead atoms. The molecule has 0 amide bonds. The molecule has 0 aromatic heterocycles. The highest BCUT2D eigenvalue weighted by Gasteiger charge is 1.86. The van der Waals surface area contributed by atoms with Crippen molar-refractivity contribution in [1.82, 2.24) is 0 Å². The summed E-state index contributed by atoms with van der Waals surface area (Å²) in [5, 5.41) is 0. The maximum atomic E-state index is 5.19. The van der Waals surface area contributed by atoms with Crippen LogP contribution in [0.25, 0.3) is 0 Å². The largest absolute Gasteiger partial charge is 0.418 e. The van der Waals surface area contributed by atoms with Crippen LogP contribution in [-0.2, 0) is 4.43 Å². The van der Waals surface area contributed by atoms with Crippen LogP contribution in [0.3, 0.4) is 0 Å². The van der Waals surface area contributed by atoms with Gasteiger partial charge < -0.3 is 4.43 Å². The van der Waals surface area contributed by atoms with Crippen molar-refractivity contribution in [3.05, 3.63) is 6.42 Å². The van der Waals surface area contributed by atoms with E-state index < -0.39 is 0 Å². The van der Waals surface area contributed by atoms with Crippen LogP contribution in [0.15, 0.2) is 0 Å². The first kappa shape index (κ1) is 9.18. The second kappa shape index (κ2) is 8.18. The van der Waals surface area contributed by atoms with Crippen LogP contribution < -0.4 is 0 Å². The normalized spacial score (nSPS) is 10.0. The maximum absolute atomic E-state index is 5.19. The molecule has 0 heterocycles. The molecule has 0 aliphatic rings. The van der Waals surface area contributed by atoms with Gasteiger partial charge in [0.05, 0.1) is 0 Å². The third-order valence-electron chi connectivity index (χ3n) is 1.13. The minimum Gasteiger partial charge on any atom is -0.418 e. The summed E-state index contributed by atoms with van der Waals surface area (Å²) in [5.74, 6) is 0. The second-order valence-electron chi connectivity index (χ2n) is 1.96. The number of rotatable bonds is 6. The van der Waals surface area contributed by atoms with Crippen LogP contribution in [0.4, 0.5) is 0 Å². The second-order valence-corrected chi connectivity index (χ2v) is 2.65. The lowest BCUT2D eigenvalue weighted by molar-refractivity contribution is 0.326. The molecular formula is C7H15OSi. The van der Waals surface area contributed by atoms with E-state index in [0.29, 0.717) is 9.76 Å². The quantitative estimate of drug-likeness (QED) is 0.408. The fraction of sp³-hybridized carbons (Fsp3) is 0.857. The fourth-order valence-electron chi connectivity index (χ4n) is 0.625. The highest BCUT2D eigenvalue weighted by molar-refractivity contribution is 6.24. The van der Waals surface area contributed by atoms with Crippen molar-refractivity contribution in [3.63, 3.8) is 0 Å². The number of unbranched alkanes of at least 4 members (excludes halogenated alkanes) is 3. The van der Waals surface area contributed by atoms with E-state index in [9.17, 15) is 0 Å². The predicted octanol–water partition coefficient (Wildman–Crippen LogP) is 2.06. The van der Waals surface area contributed by atoms with Gasteiger partial charge >= 0.3 is 0 Å². The molecule has 0 saturated heterocycles. The Balaban J connectivity index is 2.60. The van der Waals surface area contributed by atoms with Crippen LogP contribution in [0, 0.1) is 6.42 Å². The van der Waals surface area contributed by atoms with Crippen molar-refractivity contribution < 1.29 is 4.43 Å². The first-order valence-electron chi connectivity index (χ1n) is 3.48. The molecule has 9 heavy (non-hydrogen) atoms. The molecule has 0 spiro atoms. The third-order valence-corrected chi connectivity index (χ3v) is 1.63. The Morgan fingerprint density at radius 3 is 2.78 bits per heavy atom. The monoisotopic (exact) mass is 143 g/mol. The van der Waals surface area contributed by atoms with Gasteiger partial charge in [0.2, 0.25) is 9.76 Å². The van der Waals surface area contributed by atoms with Gasteiger partial charge in [-0.1, -0.05) is 19.8 Å². The van der Waals surface area contributed by atoms with Gasteiger partial charge in [0.1, 0.15) is 0 Å². The van der Waals surface area contributed by atoms with Crippen LogP contribution in [-0.4, -0.2) is 16.4 Å². The minimum absolute atomic E-state index is 0.659. The zero-order valence-electron chi connectivity index (χ0n) is 6.31. The molecule has 0 aromatic rings.